The van der Waals surface area contributed by atoms with Crippen LogP contribution in [0.5, 0.6) is 0 Å². The number of primary amides is 1. The molecule has 1 aliphatic rings. The van der Waals surface area contributed by atoms with Crippen molar-refractivity contribution in [2.45, 2.75) is 25.4 Å². The van der Waals surface area contributed by atoms with Crippen LogP contribution in [0.1, 0.15) is 6.92 Å². The zero-order valence-corrected chi connectivity index (χ0v) is 6.10. The summed E-state index contributed by atoms with van der Waals surface area (Å²) in [6.07, 6.45) is -3.16. The molecular weight excluding hydrogens is 150 g/mol. The second-order valence-electron chi connectivity index (χ2n) is 2.70. The number of amides is 1. The van der Waals surface area contributed by atoms with Gasteiger partial charge in [-0.15, -0.1) is 0 Å². The number of aliphatic hydroxyl groups excluding tert-OH is 2. The fraction of sp³-hybridized carbons (Fsp3) is 0.833. The summed E-state index contributed by atoms with van der Waals surface area (Å²) in [4.78, 5) is 10.5. The van der Waals surface area contributed by atoms with Gasteiger partial charge in [0.1, 0.15) is 0 Å². The minimum atomic E-state index is -1.09. The molecule has 1 aliphatic heterocycles. The summed E-state index contributed by atoms with van der Waals surface area (Å²) in [5, 5.41) is 18.2. The van der Waals surface area contributed by atoms with E-state index in [4.69, 9.17) is 10.8 Å². The lowest BCUT2D eigenvalue weighted by Gasteiger charge is -2.09. The largest absolute Gasteiger partial charge is 0.389 e. The van der Waals surface area contributed by atoms with E-state index in [2.05, 4.69) is 4.74 Å². The molecular formula is C6H11NO4. The van der Waals surface area contributed by atoms with Crippen molar-refractivity contribution < 1.29 is 19.7 Å². The average molecular weight is 161 g/mol. The summed E-state index contributed by atoms with van der Waals surface area (Å²) in [6, 6.07) is 0. The summed E-state index contributed by atoms with van der Waals surface area (Å²) < 4.78 is 4.68. The minimum absolute atomic E-state index is 0.465. The van der Waals surface area contributed by atoms with Gasteiger partial charge in [0.05, 0.1) is 6.10 Å². The molecule has 5 nitrogen and oxygen atoms in total. The van der Waals surface area contributed by atoms with Crippen LogP contribution in [0, 0.1) is 5.92 Å². The highest BCUT2D eigenvalue weighted by molar-refractivity contribution is 5.79. The van der Waals surface area contributed by atoms with Gasteiger partial charge in [-0.2, -0.15) is 0 Å². The quantitative estimate of drug-likeness (QED) is 0.422. The summed E-state index contributed by atoms with van der Waals surface area (Å²) in [5.41, 5.74) is 4.88. The molecule has 1 fully saturated rings. The molecule has 4 N–H and O–H groups in total. The first-order chi connectivity index (χ1) is 5.04. The third kappa shape index (κ3) is 1.35. The zero-order chi connectivity index (χ0) is 8.59. The van der Waals surface area contributed by atoms with E-state index in [0.29, 0.717) is 0 Å². The molecule has 0 aromatic rings. The van der Waals surface area contributed by atoms with Gasteiger partial charge in [0.25, 0.3) is 0 Å². The molecule has 1 amide bonds. The lowest BCUT2D eigenvalue weighted by molar-refractivity contribution is -0.144. The lowest BCUT2D eigenvalue weighted by Crippen LogP contribution is -2.37. The van der Waals surface area contributed by atoms with Crippen molar-refractivity contribution in [2.24, 2.45) is 11.7 Å². The van der Waals surface area contributed by atoms with Gasteiger partial charge in [0, 0.05) is 5.92 Å². The van der Waals surface area contributed by atoms with Crippen molar-refractivity contribution in [3.05, 3.63) is 0 Å². The van der Waals surface area contributed by atoms with Crippen LogP contribution >= 0.6 is 0 Å². The maximum absolute atomic E-state index is 10.5. The van der Waals surface area contributed by atoms with Gasteiger partial charge in [-0.25, -0.2) is 0 Å². The number of hydrogen-bond donors (Lipinski definition) is 3. The number of ether oxygens (including phenoxy) is 1. The van der Waals surface area contributed by atoms with E-state index in [1.54, 1.807) is 6.92 Å². The van der Waals surface area contributed by atoms with E-state index in [0.717, 1.165) is 0 Å². The molecule has 0 aliphatic carbocycles. The molecule has 0 saturated carbocycles. The van der Waals surface area contributed by atoms with Gasteiger partial charge in [-0.05, 0) is 0 Å². The van der Waals surface area contributed by atoms with Crippen LogP contribution in [-0.2, 0) is 9.53 Å². The van der Waals surface area contributed by atoms with Gasteiger partial charge in [0.2, 0.25) is 5.91 Å². The minimum Gasteiger partial charge on any atom is -0.389 e. The normalized spacial score (nSPS) is 44.3. The Morgan fingerprint density at radius 1 is 1.55 bits per heavy atom. The topological polar surface area (TPSA) is 92.8 Å². The molecule has 1 heterocycles. The molecule has 1 rings (SSSR count). The summed E-state index contributed by atoms with van der Waals surface area (Å²) in [6.45, 7) is 1.58. The summed E-state index contributed by atoms with van der Waals surface area (Å²) in [7, 11) is 0. The smallest absolute Gasteiger partial charge is 0.249 e. The predicted octanol–water partition coefficient (Wildman–Crippen LogP) is -1.81. The molecule has 1 saturated heterocycles. The van der Waals surface area contributed by atoms with E-state index in [9.17, 15) is 9.90 Å². The Kier molecular flexibility index (Phi) is 2.12. The third-order valence-corrected chi connectivity index (χ3v) is 1.87. The Bertz CT molecular complexity index is 172. The monoisotopic (exact) mass is 161 g/mol. The fourth-order valence-corrected chi connectivity index (χ4v) is 1.03. The Hall–Kier alpha value is -0.650. The van der Waals surface area contributed by atoms with Crippen LogP contribution in [0.4, 0.5) is 0 Å². The number of hydrogen-bond acceptors (Lipinski definition) is 4. The van der Waals surface area contributed by atoms with Gasteiger partial charge in [0.15, 0.2) is 12.4 Å². The van der Waals surface area contributed by atoms with E-state index >= 15 is 0 Å². The van der Waals surface area contributed by atoms with Crippen LogP contribution < -0.4 is 5.73 Å². The molecule has 5 heteroatoms. The number of carbonyl (C=O) groups excluding carboxylic acids is 1. The standard InChI is InChI=1S/C6H11NO4/c1-2-3(8)4(5(7)9)11-6(2)10/h2-4,6,8,10H,1H3,(H2,7,9). The Morgan fingerprint density at radius 3 is 2.27 bits per heavy atom. The van der Waals surface area contributed by atoms with Crippen molar-refractivity contribution in [1.29, 1.82) is 0 Å². The molecule has 0 spiro atoms. The fourth-order valence-electron chi connectivity index (χ4n) is 1.03. The highest BCUT2D eigenvalue weighted by Gasteiger charge is 2.42. The van der Waals surface area contributed by atoms with Gasteiger partial charge in [-0.3, -0.25) is 4.79 Å². The molecule has 0 aromatic carbocycles. The van der Waals surface area contributed by atoms with E-state index in [1.807, 2.05) is 0 Å². The zero-order valence-electron chi connectivity index (χ0n) is 6.10. The molecule has 64 valence electrons. The van der Waals surface area contributed by atoms with Crippen molar-refractivity contribution in [1.82, 2.24) is 0 Å². The summed E-state index contributed by atoms with van der Waals surface area (Å²) >= 11 is 0. The first kappa shape index (κ1) is 8.45. The first-order valence-corrected chi connectivity index (χ1v) is 3.35. The predicted molar refractivity (Wildman–Crippen MR) is 35.2 cm³/mol. The van der Waals surface area contributed by atoms with Gasteiger partial charge >= 0.3 is 0 Å². The Labute approximate surface area is 63.8 Å². The number of rotatable bonds is 1. The lowest BCUT2D eigenvalue weighted by atomic mass is 10.0. The molecule has 0 aromatic heterocycles. The summed E-state index contributed by atoms with van der Waals surface area (Å²) in [5.74, 6) is -1.21. The SMILES string of the molecule is CC1C(O)OC(C(N)=O)C1O. The van der Waals surface area contributed by atoms with Crippen molar-refractivity contribution >= 4 is 5.91 Å². The van der Waals surface area contributed by atoms with Crippen LogP contribution in [0.3, 0.4) is 0 Å². The molecule has 4 unspecified atom stereocenters. The van der Waals surface area contributed by atoms with Crippen molar-refractivity contribution in [3.63, 3.8) is 0 Å². The molecule has 11 heavy (non-hydrogen) atoms. The van der Waals surface area contributed by atoms with E-state index in [1.165, 1.54) is 0 Å². The van der Waals surface area contributed by atoms with Crippen molar-refractivity contribution in [2.75, 3.05) is 0 Å². The number of nitrogens with two attached hydrogens (primary N) is 1. The van der Waals surface area contributed by atoms with Crippen molar-refractivity contribution in [3.8, 4) is 0 Å². The second-order valence-corrected chi connectivity index (χ2v) is 2.70. The maximum atomic E-state index is 10.5. The van der Waals surface area contributed by atoms with Crippen LogP contribution in [0.2, 0.25) is 0 Å². The van der Waals surface area contributed by atoms with Crippen LogP contribution in [-0.4, -0.2) is 34.6 Å². The highest BCUT2D eigenvalue weighted by atomic mass is 16.6. The van der Waals surface area contributed by atoms with Gasteiger partial charge in [-0.1, -0.05) is 6.92 Å². The second kappa shape index (κ2) is 2.77. The molecule has 0 bridgehead atoms. The maximum Gasteiger partial charge on any atom is 0.249 e. The van der Waals surface area contributed by atoms with Gasteiger partial charge < -0.3 is 20.7 Å². The Balaban J connectivity index is 2.67. The Morgan fingerprint density at radius 2 is 2.09 bits per heavy atom. The highest BCUT2D eigenvalue weighted by Crippen LogP contribution is 2.24. The van der Waals surface area contributed by atoms with E-state index in [-0.39, 0.29) is 0 Å². The third-order valence-electron chi connectivity index (χ3n) is 1.87. The van der Waals surface area contributed by atoms with E-state index < -0.39 is 30.3 Å². The average Bonchev–Trinajstić information content (AvgIpc) is 2.17. The molecule has 4 atom stereocenters. The number of aliphatic hydroxyl groups is 2. The number of carbonyl (C=O) groups is 1. The first-order valence-electron chi connectivity index (χ1n) is 3.35. The van der Waals surface area contributed by atoms with Crippen LogP contribution in [0.25, 0.3) is 0 Å². The van der Waals surface area contributed by atoms with Crippen LogP contribution in [0.15, 0.2) is 0 Å². The molecule has 0 radical (unpaired) electrons.